The van der Waals surface area contributed by atoms with Crippen molar-refractivity contribution >= 4 is 5.82 Å². The number of aromatic nitrogens is 1. The molecule has 0 radical (unpaired) electrons. The second kappa shape index (κ2) is 4.97. The molecular formula is C9H11F3N2O. The van der Waals surface area contributed by atoms with Crippen molar-refractivity contribution in [2.45, 2.75) is 6.18 Å². The Balaban J connectivity index is 2.75. The molecule has 0 aliphatic rings. The summed E-state index contributed by atoms with van der Waals surface area (Å²) in [6.45, 7) is -1.53. The van der Waals surface area contributed by atoms with Gasteiger partial charge in [0.2, 0.25) is 0 Å². The van der Waals surface area contributed by atoms with Crippen LogP contribution in [0.2, 0.25) is 0 Å². The molecule has 6 heteroatoms. The molecule has 0 atom stereocenters. The van der Waals surface area contributed by atoms with Gasteiger partial charge in [0.1, 0.15) is 12.4 Å². The molecule has 0 saturated carbocycles. The van der Waals surface area contributed by atoms with Crippen LogP contribution in [0.25, 0.3) is 0 Å². The fourth-order valence-corrected chi connectivity index (χ4v) is 1.15. The monoisotopic (exact) mass is 220 g/mol. The van der Waals surface area contributed by atoms with Crippen LogP contribution in [0.15, 0.2) is 24.4 Å². The van der Waals surface area contributed by atoms with E-state index in [2.05, 4.69) is 4.98 Å². The number of alkyl halides is 3. The quantitative estimate of drug-likeness (QED) is 0.834. The van der Waals surface area contributed by atoms with Crippen molar-refractivity contribution in [2.24, 2.45) is 0 Å². The number of aliphatic hydroxyl groups excluding tert-OH is 1. The first-order valence-corrected chi connectivity index (χ1v) is 4.36. The second-order valence-corrected chi connectivity index (χ2v) is 2.95. The number of halogens is 3. The fraction of sp³-hybridized carbons (Fsp3) is 0.444. The predicted molar refractivity (Wildman–Crippen MR) is 49.6 cm³/mol. The summed E-state index contributed by atoms with van der Waals surface area (Å²) < 4.78 is 36.5. The lowest BCUT2D eigenvalue weighted by Crippen LogP contribution is -2.36. The van der Waals surface area contributed by atoms with E-state index < -0.39 is 12.7 Å². The molecule has 0 aromatic carbocycles. The Bertz CT molecular complexity index is 289. The topological polar surface area (TPSA) is 36.4 Å². The Morgan fingerprint density at radius 3 is 2.53 bits per heavy atom. The molecule has 0 fully saturated rings. The van der Waals surface area contributed by atoms with E-state index in [9.17, 15) is 13.2 Å². The minimum Gasteiger partial charge on any atom is -0.395 e. The number of anilines is 1. The molecular weight excluding hydrogens is 209 g/mol. The van der Waals surface area contributed by atoms with Crippen LogP contribution in [0.3, 0.4) is 0 Å². The molecule has 0 bridgehead atoms. The van der Waals surface area contributed by atoms with Crippen LogP contribution in [0, 0.1) is 0 Å². The zero-order chi connectivity index (χ0) is 11.3. The van der Waals surface area contributed by atoms with E-state index in [1.54, 1.807) is 12.1 Å². The maximum Gasteiger partial charge on any atom is 0.405 e. The van der Waals surface area contributed by atoms with E-state index in [1.807, 2.05) is 0 Å². The van der Waals surface area contributed by atoms with E-state index in [4.69, 9.17) is 5.11 Å². The summed E-state index contributed by atoms with van der Waals surface area (Å²) in [4.78, 5) is 4.78. The SMILES string of the molecule is OCCN(CC(F)(F)F)c1ccccn1. The Morgan fingerprint density at radius 1 is 1.33 bits per heavy atom. The van der Waals surface area contributed by atoms with Crippen LogP contribution in [-0.4, -0.2) is 36.0 Å². The zero-order valence-corrected chi connectivity index (χ0v) is 7.91. The highest BCUT2D eigenvalue weighted by Crippen LogP contribution is 2.19. The van der Waals surface area contributed by atoms with Gasteiger partial charge in [0.05, 0.1) is 6.61 Å². The molecule has 0 spiro atoms. The van der Waals surface area contributed by atoms with Crippen molar-refractivity contribution in [1.82, 2.24) is 4.98 Å². The number of hydrogen-bond acceptors (Lipinski definition) is 3. The summed E-state index contributed by atoms with van der Waals surface area (Å²) in [5.74, 6) is 0.212. The molecule has 1 aromatic rings. The minimum atomic E-state index is -4.30. The first kappa shape index (κ1) is 11.8. The summed E-state index contributed by atoms with van der Waals surface area (Å²) in [5, 5.41) is 8.66. The second-order valence-electron chi connectivity index (χ2n) is 2.95. The molecule has 1 rings (SSSR count). The summed E-state index contributed by atoms with van der Waals surface area (Å²) in [6.07, 6.45) is -2.89. The van der Waals surface area contributed by atoms with Crippen molar-refractivity contribution in [3.05, 3.63) is 24.4 Å². The zero-order valence-electron chi connectivity index (χ0n) is 7.91. The molecule has 3 nitrogen and oxygen atoms in total. The summed E-state index contributed by atoms with van der Waals surface area (Å²) in [7, 11) is 0. The lowest BCUT2D eigenvalue weighted by atomic mass is 10.4. The molecule has 0 unspecified atom stereocenters. The van der Waals surface area contributed by atoms with Gasteiger partial charge in [0.15, 0.2) is 0 Å². The van der Waals surface area contributed by atoms with Crippen molar-refractivity contribution in [3.63, 3.8) is 0 Å². The van der Waals surface area contributed by atoms with Crippen LogP contribution in [0.4, 0.5) is 19.0 Å². The van der Waals surface area contributed by atoms with Crippen molar-refractivity contribution in [1.29, 1.82) is 0 Å². The number of rotatable bonds is 4. The fourth-order valence-electron chi connectivity index (χ4n) is 1.15. The van der Waals surface area contributed by atoms with Crippen molar-refractivity contribution in [3.8, 4) is 0 Å². The highest BCUT2D eigenvalue weighted by molar-refractivity contribution is 5.37. The van der Waals surface area contributed by atoms with Crippen LogP contribution >= 0.6 is 0 Å². The van der Waals surface area contributed by atoms with Gasteiger partial charge in [-0.3, -0.25) is 0 Å². The van der Waals surface area contributed by atoms with Crippen molar-refractivity contribution < 1.29 is 18.3 Å². The summed E-state index contributed by atoms with van der Waals surface area (Å²) >= 11 is 0. The number of nitrogens with zero attached hydrogens (tertiary/aromatic N) is 2. The van der Waals surface area contributed by atoms with Gasteiger partial charge in [0, 0.05) is 12.7 Å². The van der Waals surface area contributed by atoms with Gasteiger partial charge in [-0.15, -0.1) is 0 Å². The lowest BCUT2D eigenvalue weighted by Gasteiger charge is -2.23. The molecule has 0 aliphatic heterocycles. The molecule has 0 aliphatic carbocycles. The Morgan fingerprint density at radius 2 is 2.07 bits per heavy atom. The molecule has 1 aromatic heterocycles. The maximum atomic E-state index is 12.2. The number of hydrogen-bond donors (Lipinski definition) is 1. The number of aliphatic hydroxyl groups is 1. The van der Waals surface area contributed by atoms with Gasteiger partial charge in [-0.05, 0) is 12.1 Å². The van der Waals surface area contributed by atoms with Gasteiger partial charge in [-0.25, -0.2) is 4.98 Å². The van der Waals surface area contributed by atoms with Gasteiger partial charge in [0.25, 0.3) is 0 Å². The van der Waals surface area contributed by atoms with Gasteiger partial charge in [-0.1, -0.05) is 6.07 Å². The van der Waals surface area contributed by atoms with E-state index >= 15 is 0 Å². The molecule has 1 heterocycles. The van der Waals surface area contributed by atoms with E-state index in [0.29, 0.717) is 0 Å². The normalized spacial score (nSPS) is 11.5. The standard InChI is InChI=1S/C9H11F3N2O/c10-9(11,12)7-14(5-6-15)8-3-1-2-4-13-8/h1-4,15H,5-7H2. The van der Waals surface area contributed by atoms with Gasteiger partial charge in [-0.2, -0.15) is 13.2 Å². The molecule has 0 saturated heterocycles. The Labute approximate surface area is 85.2 Å². The Kier molecular flexibility index (Phi) is 3.90. The lowest BCUT2D eigenvalue weighted by molar-refractivity contribution is -0.119. The van der Waals surface area contributed by atoms with E-state index in [-0.39, 0.29) is 19.0 Å². The third-order valence-corrected chi connectivity index (χ3v) is 1.71. The average molecular weight is 220 g/mol. The van der Waals surface area contributed by atoms with Crippen LogP contribution in [0.5, 0.6) is 0 Å². The Hall–Kier alpha value is -1.30. The van der Waals surface area contributed by atoms with Crippen LogP contribution < -0.4 is 4.90 Å². The molecule has 84 valence electrons. The van der Waals surface area contributed by atoms with Crippen molar-refractivity contribution in [2.75, 3.05) is 24.6 Å². The average Bonchev–Trinajstić information content (AvgIpc) is 2.17. The van der Waals surface area contributed by atoms with Gasteiger partial charge >= 0.3 is 6.18 Å². The first-order valence-electron chi connectivity index (χ1n) is 4.36. The smallest absolute Gasteiger partial charge is 0.395 e. The third-order valence-electron chi connectivity index (χ3n) is 1.71. The molecule has 0 amide bonds. The first-order chi connectivity index (χ1) is 7.03. The number of pyridine rings is 1. The van der Waals surface area contributed by atoms with Crippen LogP contribution in [-0.2, 0) is 0 Å². The predicted octanol–water partition coefficient (Wildman–Crippen LogP) is 1.44. The third kappa shape index (κ3) is 4.16. The van der Waals surface area contributed by atoms with Crippen LogP contribution in [0.1, 0.15) is 0 Å². The summed E-state index contributed by atoms with van der Waals surface area (Å²) in [6, 6.07) is 4.69. The van der Waals surface area contributed by atoms with E-state index in [0.717, 1.165) is 4.90 Å². The highest BCUT2D eigenvalue weighted by Gasteiger charge is 2.31. The molecule has 1 N–H and O–H groups in total. The summed E-state index contributed by atoms with van der Waals surface area (Å²) in [5.41, 5.74) is 0. The van der Waals surface area contributed by atoms with E-state index in [1.165, 1.54) is 12.3 Å². The maximum absolute atomic E-state index is 12.2. The molecule has 15 heavy (non-hydrogen) atoms. The highest BCUT2D eigenvalue weighted by atomic mass is 19.4. The van der Waals surface area contributed by atoms with Gasteiger partial charge < -0.3 is 10.0 Å². The largest absolute Gasteiger partial charge is 0.405 e. The minimum absolute atomic E-state index is 0.0868.